The van der Waals surface area contributed by atoms with Crippen LogP contribution in [0, 0.1) is 5.92 Å². The summed E-state index contributed by atoms with van der Waals surface area (Å²) < 4.78 is 0.717. The summed E-state index contributed by atoms with van der Waals surface area (Å²) in [6.45, 7) is 3.13. The third-order valence-corrected chi connectivity index (χ3v) is 4.40. The smallest absolute Gasteiger partial charge is 0.280 e. The Morgan fingerprint density at radius 3 is 2.89 bits per heavy atom. The van der Waals surface area contributed by atoms with Crippen molar-refractivity contribution in [1.82, 2.24) is 9.97 Å². The summed E-state index contributed by atoms with van der Waals surface area (Å²) in [5, 5.41) is 12.8. The van der Waals surface area contributed by atoms with E-state index in [-0.39, 0.29) is 12.0 Å². The molecule has 6 nitrogen and oxygen atoms in total. The quantitative estimate of drug-likeness (QED) is 0.754. The van der Waals surface area contributed by atoms with Gasteiger partial charge in [-0.2, -0.15) is 0 Å². The van der Waals surface area contributed by atoms with E-state index in [1.807, 2.05) is 0 Å². The first-order chi connectivity index (χ1) is 9.17. The first-order valence-corrected chi connectivity index (χ1v) is 6.76. The Balaban J connectivity index is 1.63. The fourth-order valence-electron chi connectivity index (χ4n) is 3.32. The molecule has 1 aromatic heterocycles. The van der Waals surface area contributed by atoms with E-state index >= 15 is 0 Å². The third kappa shape index (κ3) is 2.59. The molecule has 4 heterocycles. The number of anilines is 1. The van der Waals surface area contributed by atoms with Gasteiger partial charge in [0.2, 0.25) is 0 Å². The van der Waals surface area contributed by atoms with E-state index in [4.69, 9.17) is 0 Å². The van der Waals surface area contributed by atoms with Crippen LogP contribution in [0.4, 0.5) is 5.82 Å². The van der Waals surface area contributed by atoms with Crippen molar-refractivity contribution in [3.05, 3.63) is 18.6 Å². The molecule has 0 spiro atoms. The summed E-state index contributed by atoms with van der Waals surface area (Å²) in [5.41, 5.74) is 0. The van der Waals surface area contributed by atoms with Crippen LogP contribution < -0.4 is 5.32 Å². The number of rotatable bonds is 3. The Bertz CT molecular complexity index is 457. The fourth-order valence-corrected chi connectivity index (χ4v) is 3.32. The number of amides is 1. The average Bonchev–Trinajstić information content (AvgIpc) is 2.40. The van der Waals surface area contributed by atoms with E-state index < -0.39 is 0 Å². The predicted octanol–water partition coefficient (Wildman–Crippen LogP) is 0.0164. The van der Waals surface area contributed by atoms with E-state index in [9.17, 15) is 9.90 Å². The maximum atomic E-state index is 12.1. The number of carbonyl (C=O) groups excluding carboxylic acids is 1. The molecule has 3 aliphatic rings. The molecule has 0 aromatic carbocycles. The first-order valence-electron chi connectivity index (χ1n) is 6.76. The van der Waals surface area contributed by atoms with E-state index in [2.05, 4.69) is 15.3 Å². The van der Waals surface area contributed by atoms with E-state index in [0.29, 0.717) is 29.3 Å². The van der Waals surface area contributed by atoms with Crippen molar-refractivity contribution in [3.63, 3.8) is 0 Å². The molecule has 2 bridgehead atoms. The molecule has 2 N–H and O–H groups in total. The Hall–Kier alpha value is -1.53. The minimum absolute atomic E-state index is 0.0359. The average molecular weight is 263 g/mol. The zero-order valence-corrected chi connectivity index (χ0v) is 10.8. The zero-order chi connectivity index (χ0) is 13.3. The number of hydrogen-bond donors (Lipinski definition) is 2. The molecule has 0 radical (unpaired) electrons. The maximum absolute atomic E-state index is 12.1. The minimum Gasteiger partial charge on any atom is -0.387 e. The molecule has 3 aliphatic heterocycles. The van der Waals surface area contributed by atoms with E-state index in [1.54, 1.807) is 12.3 Å². The van der Waals surface area contributed by atoms with Crippen LogP contribution in [0.1, 0.15) is 12.8 Å². The van der Waals surface area contributed by atoms with Crippen LogP contribution in [0.3, 0.4) is 0 Å². The van der Waals surface area contributed by atoms with Gasteiger partial charge in [0.25, 0.3) is 5.91 Å². The number of piperidine rings is 3. The van der Waals surface area contributed by atoms with Crippen LogP contribution in [0.25, 0.3) is 0 Å². The Kier molecular flexibility index (Phi) is 3.20. The van der Waals surface area contributed by atoms with Crippen molar-refractivity contribution in [3.8, 4) is 0 Å². The normalized spacial score (nSPS) is 33.1. The molecule has 3 fully saturated rings. The minimum atomic E-state index is -0.241. The molecular formula is C13H19N4O2+. The lowest BCUT2D eigenvalue weighted by atomic mass is 9.83. The Morgan fingerprint density at radius 2 is 2.26 bits per heavy atom. The molecule has 1 aromatic rings. The summed E-state index contributed by atoms with van der Waals surface area (Å²) >= 11 is 0. The van der Waals surface area contributed by atoms with Crippen LogP contribution in [-0.2, 0) is 4.79 Å². The van der Waals surface area contributed by atoms with Crippen molar-refractivity contribution >= 4 is 11.7 Å². The van der Waals surface area contributed by atoms with Crippen molar-refractivity contribution < 1.29 is 14.4 Å². The summed E-state index contributed by atoms with van der Waals surface area (Å²) in [6, 6.07) is 1.68. The van der Waals surface area contributed by atoms with Crippen LogP contribution in [-0.4, -0.2) is 57.7 Å². The molecule has 0 aliphatic carbocycles. The van der Waals surface area contributed by atoms with Gasteiger partial charge in [-0.05, 0) is 6.07 Å². The second kappa shape index (κ2) is 4.86. The van der Waals surface area contributed by atoms with Gasteiger partial charge < -0.3 is 14.9 Å². The molecule has 0 saturated carbocycles. The molecular weight excluding hydrogens is 244 g/mol. The largest absolute Gasteiger partial charge is 0.387 e. The fraction of sp³-hybridized carbons (Fsp3) is 0.615. The number of aromatic nitrogens is 2. The number of nitrogens with one attached hydrogen (secondary N) is 1. The topological polar surface area (TPSA) is 75.1 Å². The van der Waals surface area contributed by atoms with Gasteiger partial charge in [-0.3, -0.25) is 4.79 Å². The van der Waals surface area contributed by atoms with Crippen LogP contribution >= 0.6 is 0 Å². The van der Waals surface area contributed by atoms with Gasteiger partial charge in [0.1, 0.15) is 24.8 Å². The number of quaternary nitrogens is 1. The molecule has 3 saturated heterocycles. The SMILES string of the molecule is O=C(C[N+]12CCC(CC1)C(O)C2)Nc1ccncn1. The van der Waals surface area contributed by atoms with E-state index in [1.165, 1.54) is 6.33 Å². The highest BCUT2D eigenvalue weighted by atomic mass is 16.3. The Labute approximate surface area is 112 Å². The Morgan fingerprint density at radius 1 is 1.47 bits per heavy atom. The molecule has 19 heavy (non-hydrogen) atoms. The van der Waals surface area contributed by atoms with E-state index in [0.717, 1.165) is 25.9 Å². The van der Waals surface area contributed by atoms with Crippen molar-refractivity contribution in [2.24, 2.45) is 5.92 Å². The number of nitrogens with zero attached hydrogens (tertiary/aromatic N) is 3. The van der Waals surface area contributed by atoms with Gasteiger partial charge in [0.15, 0.2) is 6.54 Å². The predicted molar refractivity (Wildman–Crippen MR) is 69.1 cm³/mol. The molecule has 6 heteroatoms. The van der Waals surface area contributed by atoms with Gasteiger partial charge in [0, 0.05) is 25.0 Å². The highest BCUT2D eigenvalue weighted by Crippen LogP contribution is 2.33. The van der Waals surface area contributed by atoms with Gasteiger partial charge in [-0.1, -0.05) is 0 Å². The lowest BCUT2D eigenvalue weighted by Crippen LogP contribution is -2.65. The molecule has 1 atom stereocenters. The molecule has 1 unspecified atom stereocenters. The summed E-state index contributed by atoms with van der Waals surface area (Å²) in [7, 11) is 0. The number of aliphatic hydroxyl groups excluding tert-OH is 1. The lowest BCUT2D eigenvalue weighted by molar-refractivity contribution is -0.939. The van der Waals surface area contributed by atoms with Crippen molar-refractivity contribution in [2.45, 2.75) is 18.9 Å². The summed E-state index contributed by atoms with van der Waals surface area (Å²) in [6.07, 6.45) is 4.84. The summed E-state index contributed by atoms with van der Waals surface area (Å²) in [4.78, 5) is 19.9. The van der Waals surface area contributed by atoms with Crippen LogP contribution in [0.5, 0.6) is 0 Å². The third-order valence-electron chi connectivity index (χ3n) is 4.40. The second-order valence-electron chi connectivity index (χ2n) is 5.68. The van der Waals surface area contributed by atoms with Gasteiger partial charge in [-0.25, -0.2) is 9.97 Å². The number of carbonyl (C=O) groups is 1. The van der Waals surface area contributed by atoms with Crippen molar-refractivity contribution in [1.29, 1.82) is 0 Å². The van der Waals surface area contributed by atoms with Crippen molar-refractivity contribution in [2.75, 3.05) is 31.5 Å². The monoisotopic (exact) mass is 263 g/mol. The van der Waals surface area contributed by atoms with Gasteiger partial charge in [0.05, 0.1) is 13.1 Å². The highest BCUT2D eigenvalue weighted by molar-refractivity contribution is 5.90. The zero-order valence-electron chi connectivity index (χ0n) is 10.8. The highest BCUT2D eigenvalue weighted by Gasteiger charge is 2.46. The van der Waals surface area contributed by atoms with Crippen LogP contribution in [0.15, 0.2) is 18.6 Å². The second-order valence-corrected chi connectivity index (χ2v) is 5.68. The first kappa shape index (κ1) is 12.5. The molecule has 1 amide bonds. The molecule has 102 valence electrons. The van der Waals surface area contributed by atoms with Gasteiger partial charge in [-0.15, -0.1) is 0 Å². The lowest BCUT2D eigenvalue weighted by Gasteiger charge is -2.50. The standard InChI is InChI=1S/C13H18N4O2/c18-11-7-17(5-2-10(11)3-6-17)8-13(19)16-12-1-4-14-9-15-12/h1,4,9-11,18H,2-3,5-8H2/p+1. The summed E-state index contributed by atoms with van der Waals surface area (Å²) in [5.74, 6) is 0.946. The number of aliphatic hydroxyl groups is 1. The number of fused-ring (bicyclic) bond motifs is 3. The van der Waals surface area contributed by atoms with Gasteiger partial charge >= 0.3 is 0 Å². The number of hydrogen-bond acceptors (Lipinski definition) is 4. The van der Waals surface area contributed by atoms with Crippen LogP contribution in [0.2, 0.25) is 0 Å². The molecule has 4 rings (SSSR count). The maximum Gasteiger partial charge on any atom is 0.280 e.